The van der Waals surface area contributed by atoms with E-state index in [-0.39, 0.29) is 5.56 Å². The number of rotatable bonds is 4. The highest BCUT2D eigenvalue weighted by Gasteiger charge is 2.10. The summed E-state index contributed by atoms with van der Waals surface area (Å²) < 4.78 is 13.2. The molecule has 0 saturated carbocycles. The smallest absolute Gasteiger partial charge is 0.254 e. The van der Waals surface area contributed by atoms with Crippen LogP contribution >= 0.6 is 11.8 Å². The molecule has 0 aliphatic heterocycles. The number of carbonyl (C=O) groups excluding carboxylic acids is 1. The molecule has 3 nitrogen and oxygen atoms in total. The topological polar surface area (TPSA) is 55.1 Å². The molecule has 0 atom stereocenters. The maximum atomic E-state index is 13.2. The van der Waals surface area contributed by atoms with E-state index in [1.54, 1.807) is 11.8 Å². The lowest BCUT2D eigenvalue weighted by atomic mass is 10.2. The van der Waals surface area contributed by atoms with Crippen molar-refractivity contribution in [2.24, 2.45) is 0 Å². The molecule has 1 aromatic rings. The maximum Gasteiger partial charge on any atom is 0.254 e. The second kappa shape index (κ2) is 5.60. The lowest BCUT2D eigenvalue weighted by molar-refractivity contribution is 0.0952. The third kappa shape index (κ3) is 3.43. The molecular formula is C10H13FN2OS. The van der Waals surface area contributed by atoms with Crippen molar-refractivity contribution in [3.63, 3.8) is 0 Å². The number of halogens is 1. The largest absolute Gasteiger partial charge is 0.399 e. The van der Waals surface area contributed by atoms with E-state index < -0.39 is 11.7 Å². The molecule has 0 fully saturated rings. The molecule has 3 N–H and O–H groups in total. The number of nitrogens with two attached hydrogens (primary N) is 1. The summed E-state index contributed by atoms with van der Waals surface area (Å²) in [5.41, 5.74) is 5.85. The number of benzene rings is 1. The third-order valence-corrected chi connectivity index (χ3v) is 2.44. The van der Waals surface area contributed by atoms with E-state index >= 15 is 0 Å². The number of thioether (sulfide) groups is 1. The van der Waals surface area contributed by atoms with Crippen LogP contribution in [0.4, 0.5) is 10.1 Å². The quantitative estimate of drug-likeness (QED) is 0.606. The lowest BCUT2D eigenvalue weighted by Gasteiger charge is -2.05. The van der Waals surface area contributed by atoms with E-state index in [1.807, 2.05) is 6.26 Å². The van der Waals surface area contributed by atoms with Gasteiger partial charge in [0.2, 0.25) is 0 Å². The van der Waals surface area contributed by atoms with Crippen LogP contribution in [0.5, 0.6) is 0 Å². The van der Waals surface area contributed by atoms with Crippen LogP contribution in [0.25, 0.3) is 0 Å². The number of hydrogen-bond donors (Lipinski definition) is 2. The highest BCUT2D eigenvalue weighted by atomic mass is 32.2. The minimum absolute atomic E-state index is 0.00361. The normalized spacial score (nSPS) is 10.0. The van der Waals surface area contributed by atoms with Crippen LogP contribution in [0.15, 0.2) is 18.2 Å². The van der Waals surface area contributed by atoms with Gasteiger partial charge in [-0.2, -0.15) is 11.8 Å². The van der Waals surface area contributed by atoms with Gasteiger partial charge >= 0.3 is 0 Å². The molecule has 1 aromatic carbocycles. The van der Waals surface area contributed by atoms with Gasteiger partial charge in [-0.05, 0) is 24.5 Å². The van der Waals surface area contributed by atoms with Crippen LogP contribution in [-0.2, 0) is 0 Å². The SMILES string of the molecule is CSCCNC(=O)c1cc(N)ccc1F. The Bertz CT molecular complexity index is 357. The number of nitrogen functional groups attached to an aromatic ring is 1. The zero-order valence-corrected chi connectivity index (χ0v) is 9.23. The minimum Gasteiger partial charge on any atom is -0.399 e. The van der Waals surface area contributed by atoms with E-state index in [2.05, 4.69) is 5.32 Å². The van der Waals surface area contributed by atoms with Crippen LogP contribution < -0.4 is 11.1 Å². The highest BCUT2D eigenvalue weighted by Crippen LogP contribution is 2.11. The van der Waals surface area contributed by atoms with E-state index in [0.717, 1.165) is 5.75 Å². The zero-order chi connectivity index (χ0) is 11.3. The van der Waals surface area contributed by atoms with Gasteiger partial charge in [0.1, 0.15) is 5.82 Å². The molecule has 0 heterocycles. The van der Waals surface area contributed by atoms with Crippen LogP contribution in [0.2, 0.25) is 0 Å². The standard InChI is InChI=1S/C10H13FN2OS/c1-15-5-4-13-10(14)8-6-7(12)2-3-9(8)11/h2-3,6H,4-5,12H2,1H3,(H,13,14). The van der Waals surface area contributed by atoms with Crippen molar-refractivity contribution in [1.29, 1.82) is 0 Å². The first-order chi connectivity index (χ1) is 7.15. The first kappa shape index (κ1) is 11.8. The van der Waals surface area contributed by atoms with Crippen molar-refractivity contribution in [3.05, 3.63) is 29.6 Å². The number of hydrogen-bond acceptors (Lipinski definition) is 3. The molecule has 0 aromatic heterocycles. The fourth-order valence-electron chi connectivity index (χ4n) is 1.08. The molecule has 0 aliphatic carbocycles. The average molecular weight is 228 g/mol. The van der Waals surface area contributed by atoms with Crippen molar-refractivity contribution < 1.29 is 9.18 Å². The van der Waals surface area contributed by atoms with E-state index in [0.29, 0.717) is 12.2 Å². The van der Waals surface area contributed by atoms with Crippen LogP contribution in [-0.4, -0.2) is 24.5 Å². The molecule has 1 amide bonds. The Morgan fingerprint density at radius 1 is 1.60 bits per heavy atom. The third-order valence-electron chi connectivity index (χ3n) is 1.83. The van der Waals surface area contributed by atoms with Gasteiger partial charge in [-0.1, -0.05) is 0 Å². The number of anilines is 1. The number of carbonyl (C=O) groups is 1. The molecule has 0 saturated heterocycles. The zero-order valence-electron chi connectivity index (χ0n) is 8.42. The first-order valence-corrected chi connectivity index (χ1v) is 5.86. The molecule has 0 bridgehead atoms. The Hall–Kier alpha value is -1.23. The first-order valence-electron chi connectivity index (χ1n) is 4.47. The van der Waals surface area contributed by atoms with Gasteiger partial charge in [-0.15, -0.1) is 0 Å². The Kier molecular flexibility index (Phi) is 4.42. The summed E-state index contributed by atoms with van der Waals surface area (Å²) in [5, 5.41) is 2.61. The van der Waals surface area contributed by atoms with Crippen LogP contribution in [0.3, 0.4) is 0 Å². The van der Waals surface area contributed by atoms with Gasteiger partial charge < -0.3 is 11.1 Å². The fourth-order valence-corrected chi connectivity index (χ4v) is 1.38. The van der Waals surface area contributed by atoms with Gasteiger partial charge in [-0.25, -0.2) is 4.39 Å². The minimum atomic E-state index is -0.550. The molecule has 5 heteroatoms. The number of nitrogens with one attached hydrogen (secondary N) is 1. The predicted molar refractivity (Wildman–Crippen MR) is 61.5 cm³/mol. The van der Waals surface area contributed by atoms with Gasteiger partial charge in [0.05, 0.1) is 5.56 Å². The van der Waals surface area contributed by atoms with Crippen LogP contribution in [0.1, 0.15) is 10.4 Å². The number of amides is 1. The maximum absolute atomic E-state index is 13.2. The van der Waals surface area contributed by atoms with E-state index in [1.165, 1.54) is 18.2 Å². The molecular weight excluding hydrogens is 215 g/mol. The van der Waals surface area contributed by atoms with Crippen molar-refractivity contribution in [3.8, 4) is 0 Å². The Balaban J connectivity index is 2.68. The molecule has 82 valence electrons. The second-order valence-electron chi connectivity index (χ2n) is 2.99. The predicted octanol–water partition coefficient (Wildman–Crippen LogP) is 1.50. The van der Waals surface area contributed by atoms with Gasteiger partial charge in [0.25, 0.3) is 5.91 Å². The van der Waals surface area contributed by atoms with E-state index in [9.17, 15) is 9.18 Å². The molecule has 15 heavy (non-hydrogen) atoms. The monoisotopic (exact) mass is 228 g/mol. The fraction of sp³-hybridized carbons (Fsp3) is 0.300. The molecule has 0 radical (unpaired) electrons. The Morgan fingerprint density at radius 2 is 2.33 bits per heavy atom. The summed E-state index contributed by atoms with van der Waals surface area (Å²) >= 11 is 1.61. The molecule has 0 unspecified atom stereocenters. The van der Waals surface area contributed by atoms with Gasteiger partial charge in [0, 0.05) is 18.0 Å². The summed E-state index contributed by atoms with van der Waals surface area (Å²) in [6.07, 6.45) is 1.94. The van der Waals surface area contributed by atoms with Crippen molar-refractivity contribution >= 4 is 23.4 Å². The summed E-state index contributed by atoms with van der Waals surface area (Å²) in [6, 6.07) is 3.95. The van der Waals surface area contributed by atoms with Crippen molar-refractivity contribution in [2.45, 2.75) is 0 Å². The second-order valence-corrected chi connectivity index (χ2v) is 3.97. The van der Waals surface area contributed by atoms with Gasteiger partial charge in [0.15, 0.2) is 0 Å². The highest BCUT2D eigenvalue weighted by molar-refractivity contribution is 7.98. The summed E-state index contributed by atoms with van der Waals surface area (Å²) in [4.78, 5) is 11.5. The molecule has 0 spiro atoms. The van der Waals surface area contributed by atoms with Crippen molar-refractivity contribution in [1.82, 2.24) is 5.32 Å². The van der Waals surface area contributed by atoms with E-state index in [4.69, 9.17) is 5.73 Å². The summed E-state index contributed by atoms with van der Waals surface area (Å²) in [6.45, 7) is 0.522. The average Bonchev–Trinajstić information content (AvgIpc) is 2.22. The lowest BCUT2D eigenvalue weighted by Crippen LogP contribution is -2.26. The summed E-state index contributed by atoms with van der Waals surface area (Å²) in [5.74, 6) is -0.171. The summed E-state index contributed by atoms with van der Waals surface area (Å²) in [7, 11) is 0. The van der Waals surface area contributed by atoms with Crippen LogP contribution in [0, 0.1) is 5.82 Å². The molecule has 1 rings (SSSR count). The molecule has 0 aliphatic rings. The Labute approximate surface area is 92.2 Å². The van der Waals surface area contributed by atoms with Gasteiger partial charge in [-0.3, -0.25) is 4.79 Å². The van der Waals surface area contributed by atoms with Crippen molar-refractivity contribution in [2.75, 3.05) is 24.3 Å². The Morgan fingerprint density at radius 3 is 3.00 bits per heavy atom.